The van der Waals surface area contributed by atoms with E-state index in [1.807, 2.05) is 51.4 Å². The molecule has 1 aromatic carbocycles. The van der Waals surface area contributed by atoms with Crippen molar-refractivity contribution < 1.29 is 4.79 Å². The van der Waals surface area contributed by atoms with Crippen molar-refractivity contribution in [1.82, 2.24) is 15.2 Å². The van der Waals surface area contributed by atoms with Crippen molar-refractivity contribution in [3.63, 3.8) is 0 Å². The lowest BCUT2D eigenvalue weighted by molar-refractivity contribution is 0.0798. The zero-order chi connectivity index (χ0) is 13.8. The number of para-hydroxylation sites is 1. The number of hydrogen-bond acceptors (Lipinski definition) is 3. The molecule has 0 aliphatic carbocycles. The van der Waals surface area contributed by atoms with Gasteiger partial charge in [-0.1, -0.05) is 18.2 Å². The summed E-state index contributed by atoms with van der Waals surface area (Å²) >= 11 is 0. The summed E-state index contributed by atoms with van der Waals surface area (Å²) in [7, 11) is 3.69. The lowest BCUT2D eigenvalue weighted by atomic mass is 10.1. The second-order valence-electron chi connectivity index (χ2n) is 4.66. The monoisotopic (exact) mass is 329 g/mol. The number of halogens is 2. The number of benzene rings is 1. The maximum atomic E-state index is 12.4. The number of pyridine rings is 1. The Morgan fingerprint density at radius 3 is 2.62 bits per heavy atom. The molecule has 0 aliphatic rings. The van der Waals surface area contributed by atoms with Crippen LogP contribution in [0.1, 0.15) is 16.1 Å². The van der Waals surface area contributed by atoms with Crippen LogP contribution in [0.4, 0.5) is 0 Å². The Kier molecular flexibility index (Phi) is 8.25. The molecular weight excluding hydrogens is 309 g/mol. The smallest absolute Gasteiger partial charge is 0.255 e. The molecule has 1 aromatic heterocycles. The predicted molar refractivity (Wildman–Crippen MR) is 91.9 cm³/mol. The third kappa shape index (κ3) is 4.56. The van der Waals surface area contributed by atoms with Crippen LogP contribution in [0.3, 0.4) is 0 Å². The molecule has 0 aliphatic heterocycles. The van der Waals surface area contributed by atoms with Crippen molar-refractivity contribution in [3.05, 3.63) is 41.6 Å². The van der Waals surface area contributed by atoms with E-state index >= 15 is 0 Å². The van der Waals surface area contributed by atoms with E-state index in [0.29, 0.717) is 12.1 Å². The highest BCUT2D eigenvalue weighted by atomic mass is 35.5. The molecule has 21 heavy (non-hydrogen) atoms. The minimum atomic E-state index is 0. The van der Waals surface area contributed by atoms with Crippen molar-refractivity contribution in [2.75, 3.05) is 27.2 Å². The highest BCUT2D eigenvalue weighted by Crippen LogP contribution is 2.18. The predicted octanol–water partition coefficient (Wildman–Crippen LogP) is 2.68. The zero-order valence-electron chi connectivity index (χ0n) is 12.4. The Morgan fingerprint density at radius 2 is 1.95 bits per heavy atom. The zero-order valence-corrected chi connectivity index (χ0v) is 14.1. The standard InChI is InChI=1S/C15H19N3O.2ClH/c1-11-7-8-12-5-4-6-13(14(12)17-11)15(19)18(3)10-9-16-2;;/h4-8,16H,9-10H2,1-3H3;2*1H. The topological polar surface area (TPSA) is 45.2 Å². The van der Waals surface area contributed by atoms with Crippen LogP contribution in [-0.4, -0.2) is 43.0 Å². The normalized spacial score (nSPS) is 9.67. The third-order valence-electron chi connectivity index (χ3n) is 3.13. The van der Waals surface area contributed by atoms with Crippen LogP contribution in [0.15, 0.2) is 30.3 Å². The van der Waals surface area contributed by atoms with Crippen LogP contribution in [0, 0.1) is 6.92 Å². The van der Waals surface area contributed by atoms with Crippen molar-refractivity contribution in [2.45, 2.75) is 6.92 Å². The number of aryl methyl sites for hydroxylation is 1. The van der Waals surface area contributed by atoms with Crippen molar-refractivity contribution >= 4 is 41.6 Å². The summed E-state index contributed by atoms with van der Waals surface area (Å²) in [6.45, 7) is 3.39. The van der Waals surface area contributed by atoms with Gasteiger partial charge in [-0.05, 0) is 26.1 Å². The van der Waals surface area contributed by atoms with E-state index in [4.69, 9.17) is 0 Å². The Balaban J connectivity index is 0.00000200. The van der Waals surface area contributed by atoms with Crippen LogP contribution >= 0.6 is 24.8 Å². The maximum absolute atomic E-state index is 12.4. The van der Waals surface area contributed by atoms with Gasteiger partial charge in [-0.2, -0.15) is 0 Å². The van der Waals surface area contributed by atoms with Gasteiger partial charge in [0.05, 0.1) is 11.1 Å². The van der Waals surface area contributed by atoms with Gasteiger partial charge in [-0.25, -0.2) is 0 Å². The summed E-state index contributed by atoms with van der Waals surface area (Å²) in [5.41, 5.74) is 2.37. The SMILES string of the molecule is CNCCN(C)C(=O)c1cccc2ccc(C)nc12.Cl.Cl. The molecule has 1 N–H and O–H groups in total. The first-order valence-electron chi connectivity index (χ1n) is 6.40. The molecule has 0 radical (unpaired) electrons. The van der Waals surface area contributed by atoms with Gasteiger partial charge in [-0.3, -0.25) is 9.78 Å². The maximum Gasteiger partial charge on any atom is 0.255 e. The van der Waals surface area contributed by atoms with Gasteiger partial charge in [0.1, 0.15) is 0 Å². The second kappa shape index (κ2) is 8.82. The Labute approximate surface area is 137 Å². The molecule has 116 valence electrons. The third-order valence-corrected chi connectivity index (χ3v) is 3.13. The van der Waals surface area contributed by atoms with Gasteiger partial charge in [-0.15, -0.1) is 24.8 Å². The highest BCUT2D eigenvalue weighted by molar-refractivity contribution is 6.05. The molecule has 4 nitrogen and oxygen atoms in total. The Hall–Kier alpha value is -1.36. The largest absolute Gasteiger partial charge is 0.340 e. The minimum absolute atomic E-state index is 0. The fourth-order valence-electron chi connectivity index (χ4n) is 2.00. The molecule has 1 heterocycles. The van der Waals surface area contributed by atoms with Crippen molar-refractivity contribution in [3.8, 4) is 0 Å². The van der Waals surface area contributed by atoms with Crippen LogP contribution in [0.5, 0.6) is 0 Å². The summed E-state index contributed by atoms with van der Waals surface area (Å²) in [6.07, 6.45) is 0. The van der Waals surface area contributed by atoms with Gasteiger partial charge >= 0.3 is 0 Å². The van der Waals surface area contributed by atoms with Crippen LogP contribution < -0.4 is 5.32 Å². The molecule has 0 atom stereocenters. The molecule has 0 fully saturated rings. The molecule has 0 spiro atoms. The number of carbonyl (C=O) groups excluding carboxylic acids is 1. The molecule has 2 aromatic rings. The first kappa shape index (κ1) is 19.6. The number of hydrogen-bond donors (Lipinski definition) is 1. The number of likely N-dealkylation sites (N-methyl/N-ethyl adjacent to an activating group) is 2. The number of aromatic nitrogens is 1. The van der Waals surface area contributed by atoms with E-state index in [1.54, 1.807) is 4.90 Å². The van der Waals surface area contributed by atoms with Crippen molar-refractivity contribution in [2.24, 2.45) is 0 Å². The second-order valence-corrected chi connectivity index (χ2v) is 4.66. The summed E-state index contributed by atoms with van der Waals surface area (Å²) in [5, 5.41) is 4.04. The van der Waals surface area contributed by atoms with E-state index < -0.39 is 0 Å². The van der Waals surface area contributed by atoms with Crippen LogP contribution in [-0.2, 0) is 0 Å². The van der Waals surface area contributed by atoms with Gasteiger partial charge in [0.25, 0.3) is 5.91 Å². The van der Waals surface area contributed by atoms with E-state index in [0.717, 1.165) is 23.1 Å². The van der Waals surface area contributed by atoms with Gasteiger partial charge < -0.3 is 10.2 Å². The summed E-state index contributed by atoms with van der Waals surface area (Å²) in [6, 6.07) is 9.68. The lowest BCUT2D eigenvalue weighted by Gasteiger charge is -2.17. The molecular formula is C15H21Cl2N3O. The molecule has 0 saturated heterocycles. The number of nitrogens with one attached hydrogen (secondary N) is 1. The molecule has 1 amide bonds. The van der Waals surface area contributed by atoms with E-state index in [9.17, 15) is 4.79 Å². The Morgan fingerprint density at radius 1 is 1.24 bits per heavy atom. The van der Waals surface area contributed by atoms with E-state index in [1.165, 1.54) is 0 Å². The molecule has 0 bridgehead atoms. The fourth-order valence-corrected chi connectivity index (χ4v) is 2.00. The average Bonchev–Trinajstić information content (AvgIpc) is 2.43. The molecule has 6 heteroatoms. The number of rotatable bonds is 4. The summed E-state index contributed by atoms with van der Waals surface area (Å²) in [5.74, 6) is 0.0129. The minimum Gasteiger partial charge on any atom is -0.340 e. The van der Waals surface area contributed by atoms with Crippen LogP contribution in [0.25, 0.3) is 10.9 Å². The van der Waals surface area contributed by atoms with Gasteiger partial charge in [0, 0.05) is 31.2 Å². The Bertz CT molecular complexity index is 604. The highest BCUT2D eigenvalue weighted by Gasteiger charge is 2.15. The number of carbonyl (C=O) groups is 1. The van der Waals surface area contributed by atoms with Crippen LogP contribution in [0.2, 0.25) is 0 Å². The summed E-state index contributed by atoms with van der Waals surface area (Å²) < 4.78 is 0. The first-order chi connectivity index (χ1) is 9.13. The average molecular weight is 330 g/mol. The van der Waals surface area contributed by atoms with E-state index in [2.05, 4.69) is 10.3 Å². The number of amides is 1. The van der Waals surface area contributed by atoms with Crippen molar-refractivity contribution in [1.29, 1.82) is 0 Å². The van der Waals surface area contributed by atoms with Gasteiger partial charge in [0.2, 0.25) is 0 Å². The lowest BCUT2D eigenvalue weighted by Crippen LogP contribution is -2.32. The first-order valence-corrected chi connectivity index (χ1v) is 6.40. The summed E-state index contributed by atoms with van der Waals surface area (Å²) in [4.78, 5) is 18.6. The molecule has 0 unspecified atom stereocenters. The fraction of sp³-hybridized carbons (Fsp3) is 0.333. The molecule has 0 saturated carbocycles. The van der Waals surface area contributed by atoms with Gasteiger partial charge in [0.15, 0.2) is 0 Å². The number of fused-ring (bicyclic) bond motifs is 1. The quantitative estimate of drug-likeness (QED) is 0.937. The number of nitrogens with zero attached hydrogens (tertiary/aromatic N) is 2. The molecule has 2 rings (SSSR count). The van der Waals surface area contributed by atoms with E-state index in [-0.39, 0.29) is 30.7 Å².